The molecule has 1 N–H and O–H groups in total. The molecule has 1 atom stereocenters. The van der Waals surface area contributed by atoms with E-state index in [1.54, 1.807) is 0 Å². The van der Waals surface area contributed by atoms with Crippen molar-refractivity contribution in [2.45, 2.75) is 50.3 Å². The van der Waals surface area contributed by atoms with Crippen molar-refractivity contribution in [1.29, 1.82) is 0 Å². The van der Waals surface area contributed by atoms with Crippen molar-refractivity contribution in [1.82, 2.24) is 10.2 Å². The number of piperidine rings is 1. The first kappa shape index (κ1) is 12.9. The molecular weight excluding hydrogens is 228 g/mol. The zero-order valence-corrected chi connectivity index (χ0v) is 11.5. The Balaban J connectivity index is 1.59. The van der Waals surface area contributed by atoms with Gasteiger partial charge in [0.1, 0.15) is 0 Å². The molecule has 0 aromatic rings. The summed E-state index contributed by atoms with van der Waals surface area (Å²) in [6.45, 7) is 7.87. The predicted molar refractivity (Wildman–Crippen MR) is 70.8 cm³/mol. The van der Waals surface area contributed by atoms with Gasteiger partial charge in [0.15, 0.2) is 0 Å². The van der Waals surface area contributed by atoms with E-state index >= 15 is 0 Å². The zero-order chi connectivity index (χ0) is 12.4. The maximum Gasteiger partial charge on any atom is 0.0882 e. The highest BCUT2D eigenvalue weighted by atomic mass is 16.5. The van der Waals surface area contributed by atoms with Gasteiger partial charge in [0.05, 0.1) is 24.9 Å². The van der Waals surface area contributed by atoms with E-state index in [0.717, 1.165) is 45.2 Å². The Kier molecular flexibility index (Phi) is 3.89. The van der Waals surface area contributed by atoms with Crippen LogP contribution in [0.15, 0.2) is 0 Å². The lowest BCUT2D eigenvalue weighted by Gasteiger charge is -2.49. The van der Waals surface area contributed by atoms with Crippen LogP contribution in [0.2, 0.25) is 0 Å². The fourth-order valence-corrected chi connectivity index (χ4v) is 3.42. The normalized spacial score (nSPS) is 32.8. The third-order valence-electron chi connectivity index (χ3n) is 4.71. The molecule has 1 aliphatic carbocycles. The third kappa shape index (κ3) is 2.57. The Hall–Kier alpha value is -0.160. The summed E-state index contributed by atoms with van der Waals surface area (Å²) in [5, 5.41) is 3.61. The van der Waals surface area contributed by atoms with Crippen LogP contribution < -0.4 is 5.32 Å². The van der Waals surface area contributed by atoms with Gasteiger partial charge in [-0.25, -0.2) is 0 Å². The second-order valence-electron chi connectivity index (χ2n) is 5.85. The molecule has 3 fully saturated rings. The van der Waals surface area contributed by atoms with Crippen LogP contribution in [0.4, 0.5) is 0 Å². The minimum Gasteiger partial charge on any atom is -0.380 e. The summed E-state index contributed by atoms with van der Waals surface area (Å²) in [6.07, 6.45) is 5.14. The molecule has 0 radical (unpaired) electrons. The molecule has 2 heterocycles. The van der Waals surface area contributed by atoms with E-state index in [0.29, 0.717) is 6.04 Å². The van der Waals surface area contributed by atoms with Gasteiger partial charge < -0.3 is 19.7 Å². The van der Waals surface area contributed by atoms with Gasteiger partial charge in [0.25, 0.3) is 0 Å². The highest BCUT2D eigenvalue weighted by Crippen LogP contribution is 2.36. The van der Waals surface area contributed by atoms with Crippen molar-refractivity contribution in [2.75, 3.05) is 39.5 Å². The molecule has 0 aromatic carbocycles. The Morgan fingerprint density at radius 2 is 2.11 bits per heavy atom. The van der Waals surface area contributed by atoms with E-state index in [2.05, 4.69) is 17.1 Å². The topological polar surface area (TPSA) is 33.7 Å². The molecule has 2 saturated heterocycles. The van der Waals surface area contributed by atoms with E-state index in [4.69, 9.17) is 9.47 Å². The highest BCUT2D eigenvalue weighted by molar-refractivity contribution is 5.01. The van der Waals surface area contributed by atoms with Gasteiger partial charge in [-0.2, -0.15) is 0 Å². The second kappa shape index (κ2) is 5.45. The van der Waals surface area contributed by atoms with Gasteiger partial charge >= 0.3 is 0 Å². The Bertz CT molecular complexity index is 273. The number of morpholine rings is 1. The quantitative estimate of drug-likeness (QED) is 0.812. The summed E-state index contributed by atoms with van der Waals surface area (Å²) in [5.41, 5.74) is 0.0405. The van der Waals surface area contributed by atoms with Gasteiger partial charge in [-0.15, -0.1) is 0 Å². The van der Waals surface area contributed by atoms with Crippen LogP contribution in [-0.4, -0.2) is 62.0 Å². The zero-order valence-electron chi connectivity index (χ0n) is 11.5. The van der Waals surface area contributed by atoms with E-state index in [1.165, 1.54) is 25.9 Å². The molecule has 3 rings (SSSR count). The molecule has 18 heavy (non-hydrogen) atoms. The van der Waals surface area contributed by atoms with Gasteiger partial charge in [0, 0.05) is 32.3 Å². The van der Waals surface area contributed by atoms with E-state index in [1.807, 2.05) is 0 Å². The molecule has 4 nitrogen and oxygen atoms in total. The highest BCUT2D eigenvalue weighted by Gasteiger charge is 2.46. The molecule has 1 unspecified atom stereocenters. The van der Waals surface area contributed by atoms with Gasteiger partial charge in [-0.1, -0.05) is 0 Å². The molecule has 1 spiro atoms. The van der Waals surface area contributed by atoms with Crippen LogP contribution in [0.1, 0.15) is 32.6 Å². The van der Waals surface area contributed by atoms with Gasteiger partial charge in [0.2, 0.25) is 0 Å². The predicted octanol–water partition coefficient (Wildman–Crippen LogP) is 1.01. The molecule has 0 bridgehead atoms. The first-order valence-corrected chi connectivity index (χ1v) is 7.53. The summed E-state index contributed by atoms with van der Waals surface area (Å²) >= 11 is 0. The smallest absolute Gasteiger partial charge is 0.0882 e. The molecule has 104 valence electrons. The lowest BCUT2D eigenvalue weighted by Crippen LogP contribution is -2.63. The average Bonchev–Trinajstić information content (AvgIpc) is 3.23. The summed E-state index contributed by atoms with van der Waals surface area (Å²) in [6, 6.07) is 1.27. The van der Waals surface area contributed by atoms with Crippen LogP contribution in [-0.2, 0) is 9.47 Å². The summed E-state index contributed by atoms with van der Waals surface area (Å²) in [4.78, 5) is 2.65. The fraction of sp³-hybridized carbons (Fsp3) is 1.00. The van der Waals surface area contributed by atoms with Crippen molar-refractivity contribution in [3.63, 3.8) is 0 Å². The lowest BCUT2D eigenvalue weighted by atomic mass is 9.83. The van der Waals surface area contributed by atoms with Crippen molar-refractivity contribution in [3.8, 4) is 0 Å². The lowest BCUT2D eigenvalue weighted by molar-refractivity contribution is -0.140. The van der Waals surface area contributed by atoms with Gasteiger partial charge in [-0.3, -0.25) is 0 Å². The number of rotatable bonds is 4. The summed E-state index contributed by atoms with van der Waals surface area (Å²) in [5.74, 6) is 0. The molecule has 2 aliphatic heterocycles. The fourth-order valence-electron chi connectivity index (χ4n) is 3.42. The first-order chi connectivity index (χ1) is 8.84. The number of hydrogen-bond acceptors (Lipinski definition) is 4. The van der Waals surface area contributed by atoms with Crippen molar-refractivity contribution in [3.05, 3.63) is 0 Å². The Labute approximate surface area is 110 Å². The number of ether oxygens (including phenoxy) is 2. The summed E-state index contributed by atoms with van der Waals surface area (Å²) < 4.78 is 11.8. The number of nitrogens with one attached hydrogen (secondary N) is 1. The monoisotopic (exact) mass is 254 g/mol. The van der Waals surface area contributed by atoms with E-state index in [9.17, 15) is 0 Å². The van der Waals surface area contributed by atoms with Crippen molar-refractivity contribution >= 4 is 0 Å². The molecule has 3 aliphatic rings. The maximum absolute atomic E-state index is 6.20. The van der Waals surface area contributed by atoms with Crippen molar-refractivity contribution < 1.29 is 9.47 Å². The number of hydrogen-bond donors (Lipinski definition) is 1. The SMILES string of the molecule is CCOCC1NCCOC12CCN(C1CC1)CC2. The average molecular weight is 254 g/mol. The largest absolute Gasteiger partial charge is 0.380 e. The number of nitrogens with zero attached hydrogens (tertiary/aromatic N) is 1. The minimum absolute atomic E-state index is 0.0405. The van der Waals surface area contributed by atoms with Gasteiger partial charge in [-0.05, 0) is 32.6 Å². The van der Waals surface area contributed by atoms with Crippen LogP contribution in [0.3, 0.4) is 0 Å². The minimum atomic E-state index is 0.0405. The number of likely N-dealkylation sites (tertiary alicyclic amines) is 1. The van der Waals surface area contributed by atoms with Crippen LogP contribution in [0.25, 0.3) is 0 Å². The molecular formula is C14H26N2O2. The Morgan fingerprint density at radius 3 is 2.78 bits per heavy atom. The van der Waals surface area contributed by atoms with Crippen LogP contribution in [0, 0.1) is 0 Å². The molecule has 1 saturated carbocycles. The molecule has 0 aromatic heterocycles. The standard InChI is InChI=1S/C14H26N2O2/c1-2-17-11-13-14(18-10-7-15-13)5-8-16(9-6-14)12-3-4-12/h12-13,15H,2-11H2,1H3. The maximum atomic E-state index is 6.20. The van der Waals surface area contributed by atoms with Crippen LogP contribution in [0.5, 0.6) is 0 Å². The molecule has 4 heteroatoms. The Morgan fingerprint density at radius 1 is 1.33 bits per heavy atom. The van der Waals surface area contributed by atoms with Crippen molar-refractivity contribution in [2.24, 2.45) is 0 Å². The molecule has 0 amide bonds. The summed E-state index contributed by atoms with van der Waals surface area (Å²) in [7, 11) is 0. The first-order valence-electron chi connectivity index (χ1n) is 7.53. The van der Waals surface area contributed by atoms with Crippen LogP contribution >= 0.6 is 0 Å². The van der Waals surface area contributed by atoms with E-state index < -0.39 is 0 Å². The third-order valence-corrected chi connectivity index (χ3v) is 4.71. The second-order valence-corrected chi connectivity index (χ2v) is 5.85. The van der Waals surface area contributed by atoms with E-state index in [-0.39, 0.29) is 5.60 Å².